The minimum atomic E-state index is -3.24. The SMILES string of the molecule is CC(C)CCS(=O)(=O)N(C)Cc1cc(C=CC(=O)O)cs1. The molecule has 0 spiro atoms. The van der Waals surface area contributed by atoms with Crippen LogP contribution >= 0.6 is 11.3 Å². The lowest BCUT2D eigenvalue weighted by Gasteiger charge is -2.16. The van der Waals surface area contributed by atoms with Gasteiger partial charge in [0, 0.05) is 24.5 Å². The first-order valence-corrected chi connectivity index (χ1v) is 9.12. The highest BCUT2D eigenvalue weighted by Crippen LogP contribution is 2.19. The predicted octanol–water partition coefficient (Wildman–Crippen LogP) is 2.65. The number of hydrogen-bond donors (Lipinski definition) is 1. The van der Waals surface area contributed by atoms with Crippen LogP contribution in [0, 0.1) is 5.92 Å². The number of carboxylic acids is 1. The van der Waals surface area contributed by atoms with Crippen molar-refractivity contribution in [1.29, 1.82) is 0 Å². The van der Waals surface area contributed by atoms with Crippen molar-refractivity contribution in [3.8, 4) is 0 Å². The summed E-state index contributed by atoms with van der Waals surface area (Å²) in [4.78, 5) is 11.3. The van der Waals surface area contributed by atoms with Gasteiger partial charge in [0.2, 0.25) is 10.0 Å². The van der Waals surface area contributed by atoms with E-state index in [-0.39, 0.29) is 5.75 Å². The first kappa shape index (κ1) is 17.9. The molecule has 0 fully saturated rings. The summed E-state index contributed by atoms with van der Waals surface area (Å²) in [6, 6.07) is 1.80. The van der Waals surface area contributed by atoms with Crippen molar-refractivity contribution < 1.29 is 18.3 Å². The largest absolute Gasteiger partial charge is 0.478 e. The summed E-state index contributed by atoms with van der Waals surface area (Å²) in [6.07, 6.45) is 3.20. The second-order valence-electron chi connectivity index (χ2n) is 5.27. The van der Waals surface area contributed by atoms with E-state index in [4.69, 9.17) is 5.11 Å². The lowest BCUT2D eigenvalue weighted by atomic mass is 10.2. The molecular weight excluding hydrogens is 310 g/mol. The smallest absolute Gasteiger partial charge is 0.328 e. The van der Waals surface area contributed by atoms with Crippen LogP contribution in [0.5, 0.6) is 0 Å². The van der Waals surface area contributed by atoms with Gasteiger partial charge in [-0.1, -0.05) is 13.8 Å². The number of rotatable bonds is 8. The van der Waals surface area contributed by atoms with Gasteiger partial charge >= 0.3 is 5.97 Å². The van der Waals surface area contributed by atoms with Crippen LogP contribution in [0.15, 0.2) is 17.5 Å². The first-order valence-electron chi connectivity index (χ1n) is 6.63. The number of thiophene rings is 1. The second-order valence-corrected chi connectivity index (χ2v) is 8.46. The van der Waals surface area contributed by atoms with Gasteiger partial charge in [-0.15, -0.1) is 11.3 Å². The van der Waals surface area contributed by atoms with Gasteiger partial charge in [0.15, 0.2) is 0 Å². The van der Waals surface area contributed by atoms with Crippen LogP contribution in [0.4, 0.5) is 0 Å². The molecule has 1 N–H and O–H groups in total. The molecule has 0 unspecified atom stereocenters. The summed E-state index contributed by atoms with van der Waals surface area (Å²) in [5.41, 5.74) is 0.769. The van der Waals surface area contributed by atoms with Gasteiger partial charge in [0.1, 0.15) is 0 Å². The molecule has 5 nitrogen and oxygen atoms in total. The lowest BCUT2D eigenvalue weighted by molar-refractivity contribution is -0.131. The van der Waals surface area contributed by atoms with E-state index >= 15 is 0 Å². The third-order valence-corrected chi connectivity index (χ3v) is 5.67. The van der Waals surface area contributed by atoms with E-state index in [1.165, 1.54) is 21.7 Å². The van der Waals surface area contributed by atoms with E-state index in [1.54, 1.807) is 13.1 Å². The Bertz CT molecular complexity index is 602. The molecule has 1 aromatic rings. The highest BCUT2D eigenvalue weighted by Gasteiger charge is 2.18. The molecule has 21 heavy (non-hydrogen) atoms. The molecule has 0 saturated heterocycles. The van der Waals surface area contributed by atoms with Crippen LogP contribution in [0.2, 0.25) is 0 Å². The van der Waals surface area contributed by atoms with Crippen molar-refractivity contribution in [2.24, 2.45) is 5.92 Å². The van der Waals surface area contributed by atoms with Gasteiger partial charge in [-0.25, -0.2) is 13.2 Å². The number of nitrogens with zero attached hydrogens (tertiary/aromatic N) is 1. The molecule has 0 amide bonds. The maximum Gasteiger partial charge on any atom is 0.328 e. The Morgan fingerprint density at radius 3 is 2.71 bits per heavy atom. The van der Waals surface area contributed by atoms with Crippen molar-refractivity contribution in [2.75, 3.05) is 12.8 Å². The molecule has 0 aliphatic rings. The van der Waals surface area contributed by atoms with E-state index in [0.717, 1.165) is 16.5 Å². The summed E-state index contributed by atoms with van der Waals surface area (Å²) in [5, 5.41) is 10.4. The van der Waals surface area contributed by atoms with Gasteiger partial charge < -0.3 is 5.11 Å². The Balaban J connectivity index is 2.66. The molecule has 0 aliphatic heterocycles. The second kappa shape index (κ2) is 7.72. The Labute approximate surface area is 130 Å². The zero-order valence-electron chi connectivity index (χ0n) is 12.4. The van der Waals surface area contributed by atoms with Crippen LogP contribution < -0.4 is 0 Å². The Hall–Kier alpha value is -1.18. The number of aliphatic carboxylic acids is 1. The maximum atomic E-state index is 12.1. The van der Waals surface area contributed by atoms with E-state index in [1.807, 2.05) is 19.2 Å². The van der Waals surface area contributed by atoms with E-state index in [2.05, 4.69) is 0 Å². The Morgan fingerprint density at radius 1 is 1.48 bits per heavy atom. The van der Waals surface area contributed by atoms with Crippen LogP contribution in [-0.4, -0.2) is 36.6 Å². The molecule has 118 valence electrons. The van der Waals surface area contributed by atoms with E-state index in [0.29, 0.717) is 18.9 Å². The zero-order valence-corrected chi connectivity index (χ0v) is 14.1. The summed E-state index contributed by atoms with van der Waals surface area (Å²) < 4.78 is 25.6. The summed E-state index contributed by atoms with van der Waals surface area (Å²) in [6.45, 7) is 4.30. The fourth-order valence-corrected chi connectivity index (χ4v) is 4.00. The number of hydrogen-bond acceptors (Lipinski definition) is 4. The van der Waals surface area contributed by atoms with E-state index in [9.17, 15) is 13.2 Å². The van der Waals surface area contributed by atoms with Crippen molar-refractivity contribution in [3.63, 3.8) is 0 Å². The molecule has 0 radical (unpaired) electrons. The van der Waals surface area contributed by atoms with Crippen molar-refractivity contribution in [3.05, 3.63) is 28.0 Å². The predicted molar refractivity (Wildman–Crippen MR) is 85.7 cm³/mol. The van der Waals surface area contributed by atoms with Crippen LogP contribution in [0.25, 0.3) is 6.08 Å². The molecule has 0 aliphatic carbocycles. The van der Waals surface area contributed by atoms with Crippen LogP contribution in [0.1, 0.15) is 30.7 Å². The molecule has 7 heteroatoms. The van der Waals surface area contributed by atoms with Gasteiger partial charge in [-0.05, 0) is 35.4 Å². The highest BCUT2D eigenvalue weighted by atomic mass is 32.2. The topological polar surface area (TPSA) is 74.7 Å². The molecule has 1 aromatic heterocycles. The summed E-state index contributed by atoms with van der Waals surface area (Å²) in [7, 11) is -1.67. The number of carbonyl (C=O) groups is 1. The van der Waals surface area contributed by atoms with Crippen molar-refractivity contribution >= 4 is 33.4 Å². The van der Waals surface area contributed by atoms with Crippen molar-refractivity contribution in [1.82, 2.24) is 4.31 Å². The average Bonchev–Trinajstić information content (AvgIpc) is 2.81. The lowest BCUT2D eigenvalue weighted by Crippen LogP contribution is -2.29. The third kappa shape index (κ3) is 6.41. The minimum absolute atomic E-state index is 0.151. The number of sulfonamides is 1. The minimum Gasteiger partial charge on any atom is -0.478 e. The van der Waals surface area contributed by atoms with Gasteiger partial charge in [0.25, 0.3) is 0 Å². The summed E-state index contributed by atoms with van der Waals surface area (Å²) >= 11 is 1.42. The Morgan fingerprint density at radius 2 is 2.14 bits per heavy atom. The van der Waals surface area contributed by atoms with Gasteiger partial charge in [-0.2, -0.15) is 4.31 Å². The van der Waals surface area contributed by atoms with Crippen molar-refractivity contribution in [2.45, 2.75) is 26.8 Å². The maximum absolute atomic E-state index is 12.1. The average molecular weight is 331 g/mol. The Kier molecular flexibility index (Phi) is 6.57. The zero-order chi connectivity index (χ0) is 16.0. The van der Waals surface area contributed by atoms with Gasteiger partial charge in [0.05, 0.1) is 5.75 Å². The third-order valence-electron chi connectivity index (χ3n) is 2.90. The molecule has 1 rings (SSSR count). The molecule has 0 bridgehead atoms. The molecule has 0 aromatic carbocycles. The molecule has 0 saturated carbocycles. The normalized spacial score (nSPS) is 12.6. The molecular formula is C14H21NO4S2. The fourth-order valence-electron chi connectivity index (χ4n) is 1.59. The monoisotopic (exact) mass is 331 g/mol. The highest BCUT2D eigenvalue weighted by molar-refractivity contribution is 7.89. The van der Waals surface area contributed by atoms with Crippen LogP contribution in [-0.2, 0) is 21.4 Å². The first-order chi connectivity index (χ1) is 9.70. The van der Waals surface area contributed by atoms with E-state index < -0.39 is 16.0 Å². The molecule has 0 atom stereocenters. The quantitative estimate of drug-likeness (QED) is 0.743. The fraction of sp³-hybridized carbons (Fsp3) is 0.500. The van der Waals surface area contributed by atoms with Crippen LogP contribution in [0.3, 0.4) is 0 Å². The summed E-state index contributed by atoms with van der Waals surface area (Å²) in [5.74, 6) is -0.503. The van der Waals surface area contributed by atoms with Gasteiger partial charge in [-0.3, -0.25) is 0 Å². The number of carboxylic acid groups (broad SMARTS) is 1. The molecule has 1 heterocycles. The standard InChI is InChI=1S/C14H21NO4S2/c1-11(2)6-7-21(18,19)15(3)9-13-8-12(10-20-13)4-5-14(16)17/h4-5,8,10-11H,6-7,9H2,1-3H3,(H,16,17).